The number of benzene rings is 1. The zero-order valence-electron chi connectivity index (χ0n) is 14.0. The second kappa shape index (κ2) is 7.17. The van der Waals surface area contributed by atoms with Crippen LogP contribution in [0.3, 0.4) is 0 Å². The Hall–Kier alpha value is -1.86. The molecule has 1 atom stereocenters. The van der Waals surface area contributed by atoms with Gasteiger partial charge in [-0.1, -0.05) is 47.4 Å². The monoisotopic (exact) mass is 373 g/mol. The zero-order chi connectivity index (χ0) is 17.2. The van der Waals surface area contributed by atoms with Crippen LogP contribution in [0.4, 0.5) is 5.13 Å². The number of esters is 1. The molecule has 0 amide bonds. The summed E-state index contributed by atoms with van der Waals surface area (Å²) in [5, 5.41) is 1.75. The van der Waals surface area contributed by atoms with Crippen LogP contribution in [0.5, 0.6) is 0 Å². The van der Waals surface area contributed by atoms with Crippen molar-refractivity contribution in [1.82, 2.24) is 9.88 Å². The number of hydrogen-bond acceptors (Lipinski definition) is 6. The molecule has 0 bridgehead atoms. The fourth-order valence-corrected chi connectivity index (χ4v) is 5.17. The van der Waals surface area contributed by atoms with Gasteiger partial charge in [-0.25, -0.2) is 4.98 Å². The molecule has 1 saturated heterocycles. The van der Waals surface area contributed by atoms with Crippen molar-refractivity contribution in [3.8, 4) is 0 Å². The second-order valence-corrected chi connectivity index (χ2v) is 8.13. The van der Waals surface area contributed by atoms with Crippen molar-refractivity contribution in [1.29, 1.82) is 0 Å². The molecule has 1 aromatic heterocycles. The van der Waals surface area contributed by atoms with E-state index in [1.54, 1.807) is 18.0 Å². The molecule has 0 aliphatic carbocycles. The molecular weight excluding hydrogens is 354 g/mol. The Bertz CT molecular complexity index is 818. The van der Waals surface area contributed by atoms with Gasteiger partial charge in [0.1, 0.15) is 0 Å². The molecule has 4 rings (SSSR count). The van der Waals surface area contributed by atoms with Crippen LogP contribution in [0.25, 0.3) is 0 Å². The molecule has 0 radical (unpaired) electrons. The Morgan fingerprint density at radius 3 is 3.08 bits per heavy atom. The lowest BCUT2D eigenvalue weighted by Gasteiger charge is -2.32. The van der Waals surface area contributed by atoms with Gasteiger partial charge in [0.05, 0.1) is 13.0 Å². The van der Waals surface area contributed by atoms with Crippen LogP contribution in [-0.2, 0) is 28.9 Å². The lowest BCUT2D eigenvalue weighted by atomic mass is 9.95. The van der Waals surface area contributed by atoms with Crippen LogP contribution in [-0.4, -0.2) is 39.4 Å². The number of thiazole rings is 1. The molecule has 2 aliphatic rings. The number of fused-ring (bicyclic) bond motifs is 2. The van der Waals surface area contributed by atoms with E-state index < -0.39 is 0 Å². The molecule has 0 spiro atoms. The Labute approximate surface area is 155 Å². The first-order chi connectivity index (χ1) is 12.2. The summed E-state index contributed by atoms with van der Waals surface area (Å²) in [4.78, 5) is 24.0. The predicted octanol–water partition coefficient (Wildman–Crippen LogP) is 3.41. The summed E-state index contributed by atoms with van der Waals surface area (Å²) in [5.41, 5.74) is 2.84. The van der Waals surface area contributed by atoms with Crippen molar-refractivity contribution in [2.75, 3.05) is 12.4 Å². The van der Waals surface area contributed by atoms with Crippen molar-refractivity contribution in [2.24, 2.45) is 4.99 Å². The highest BCUT2D eigenvalue weighted by molar-refractivity contribution is 8.14. The van der Waals surface area contributed by atoms with Crippen molar-refractivity contribution < 1.29 is 9.53 Å². The molecule has 0 unspecified atom stereocenters. The fourth-order valence-electron chi connectivity index (χ4n) is 3.18. The minimum Gasteiger partial charge on any atom is -0.466 e. The summed E-state index contributed by atoms with van der Waals surface area (Å²) in [5.74, 6) is 0.849. The second-order valence-electron chi connectivity index (χ2n) is 6.05. The highest BCUT2D eigenvalue weighted by Crippen LogP contribution is 2.35. The number of ether oxygens (including phenoxy) is 1. The van der Waals surface area contributed by atoms with Gasteiger partial charge in [-0.05, 0) is 24.5 Å². The van der Waals surface area contributed by atoms with Crippen LogP contribution in [0.1, 0.15) is 22.9 Å². The summed E-state index contributed by atoms with van der Waals surface area (Å²) < 4.78 is 4.98. The minimum absolute atomic E-state index is 0.215. The molecule has 0 saturated carbocycles. The van der Waals surface area contributed by atoms with E-state index in [-0.39, 0.29) is 12.4 Å². The van der Waals surface area contributed by atoms with Gasteiger partial charge in [0.25, 0.3) is 0 Å². The average molecular weight is 374 g/mol. The standard InChI is InChI=1S/C18H19N3O2S2/c1-2-23-16(22)8-15-9-19-17(25-15)20-18-21-10-13-6-4-3-5-12(13)7-14(21)11-24-18/h3-6,9,14H,2,7-8,10-11H2,1H3/b20-18+/t14-/m0/s1. The van der Waals surface area contributed by atoms with Crippen molar-refractivity contribution >= 4 is 39.4 Å². The Morgan fingerprint density at radius 1 is 1.40 bits per heavy atom. The van der Waals surface area contributed by atoms with Gasteiger partial charge in [-0.15, -0.1) is 0 Å². The van der Waals surface area contributed by atoms with Crippen molar-refractivity contribution in [2.45, 2.75) is 32.4 Å². The molecule has 25 heavy (non-hydrogen) atoms. The minimum atomic E-state index is -0.215. The number of aliphatic imine (C=N–C) groups is 1. The maximum Gasteiger partial charge on any atom is 0.311 e. The van der Waals surface area contributed by atoms with Crippen molar-refractivity contribution in [3.05, 3.63) is 46.5 Å². The predicted molar refractivity (Wildman–Crippen MR) is 101 cm³/mol. The van der Waals surface area contributed by atoms with Gasteiger partial charge in [0.2, 0.25) is 5.13 Å². The smallest absolute Gasteiger partial charge is 0.311 e. The molecule has 3 heterocycles. The van der Waals surface area contributed by atoms with E-state index in [9.17, 15) is 4.79 Å². The SMILES string of the molecule is CCOC(=O)Cc1cnc(/N=C2/SC[C@@H]3Cc4ccccc4CN23)s1. The zero-order valence-corrected chi connectivity index (χ0v) is 15.6. The van der Waals surface area contributed by atoms with Gasteiger partial charge >= 0.3 is 5.97 Å². The number of hydrogen-bond donors (Lipinski definition) is 0. The first kappa shape index (κ1) is 16.6. The molecule has 5 nitrogen and oxygen atoms in total. The maximum absolute atomic E-state index is 11.6. The summed E-state index contributed by atoms with van der Waals surface area (Å²) >= 11 is 3.25. The first-order valence-electron chi connectivity index (χ1n) is 8.38. The maximum atomic E-state index is 11.6. The van der Waals surface area contributed by atoms with Gasteiger partial charge in [-0.3, -0.25) is 4.79 Å². The lowest BCUT2D eigenvalue weighted by molar-refractivity contribution is -0.142. The molecule has 7 heteroatoms. The summed E-state index contributed by atoms with van der Waals surface area (Å²) in [7, 11) is 0. The van der Waals surface area contributed by atoms with Gasteiger partial charge in [0.15, 0.2) is 5.17 Å². The average Bonchev–Trinajstić information content (AvgIpc) is 3.20. The fraction of sp³-hybridized carbons (Fsp3) is 0.389. The van der Waals surface area contributed by atoms with Crippen LogP contribution in [0, 0.1) is 0 Å². The number of amidine groups is 1. The lowest BCUT2D eigenvalue weighted by Crippen LogP contribution is -2.38. The van der Waals surface area contributed by atoms with Crippen LogP contribution < -0.4 is 0 Å². The molecule has 2 aromatic rings. The number of carbonyl (C=O) groups is 1. The molecular formula is C18H19N3O2S2. The van der Waals surface area contributed by atoms with Crippen LogP contribution >= 0.6 is 23.1 Å². The van der Waals surface area contributed by atoms with Crippen LogP contribution in [0.2, 0.25) is 0 Å². The topological polar surface area (TPSA) is 54.8 Å². The third kappa shape index (κ3) is 3.57. The Morgan fingerprint density at radius 2 is 2.24 bits per heavy atom. The van der Waals surface area contributed by atoms with Crippen LogP contribution in [0.15, 0.2) is 35.5 Å². The van der Waals surface area contributed by atoms with Gasteiger partial charge in [-0.2, -0.15) is 4.99 Å². The number of nitrogens with zero attached hydrogens (tertiary/aromatic N) is 3. The van der Waals surface area contributed by atoms with E-state index in [0.29, 0.717) is 17.8 Å². The number of thioether (sulfide) groups is 1. The summed E-state index contributed by atoms with van der Waals surface area (Å²) in [6.07, 6.45) is 3.07. The van der Waals surface area contributed by atoms with E-state index in [4.69, 9.17) is 9.73 Å². The van der Waals surface area contributed by atoms with Crippen molar-refractivity contribution in [3.63, 3.8) is 0 Å². The van der Waals surface area contributed by atoms with Gasteiger partial charge < -0.3 is 9.64 Å². The Kier molecular flexibility index (Phi) is 4.76. The largest absolute Gasteiger partial charge is 0.466 e. The number of carbonyl (C=O) groups excluding carboxylic acids is 1. The summed E-state index contributed by atoms with van der Waals surface area (Å²) in [6.45, 7) is 3.13. The highest BCUT2D eigenvalue weighted by Gasteiger charge is 2.34. The normalized spacial score (nSPS) is 20.4. The quantitative estimate of drug-likeness (QED) is 0.769. The van der Waals surface area contributed by atoms with E-state index in [1.165, 1.54) is 22.5 Å². The van der Waals surface area contributed by atoms with E-state index in [0.717, 1.165) is 28.8 Å². The molecule has 1 fully saturated rings. The molecule has 0 N–H and O–H groups in total. The third-order valence-electron chi connectivity index (χ3n) is 4.36. The van der Waals surface area contributed by atoms with E-state index in [1.807, 2.05) is 6.92 Å². The number of rotatable bonds is 4. The molecule has 1 aromatic carbocycles. The third-order valence-corrected chi connectivity index (χ3v) is 6.39. The Balaban J connectivity index is 1.49. The first-order valence-corrected chi connectivity index (χ1v) is 10.2. The number of aromatic nitrogens is 1. The molecule has 2 aliphatic heterocycles. The highest BCUT2D eigenvalue weighted by atomic mass is 32.2. The van der Waals surface area contributed by atoms with E-state index in [2.05, 4.69) is 34.1 Å². The molecule has 130 valence electrons. The summed E-state index contributed by atoms with van der Waals surface area (Å²) in [6, 6.07) is 9.16. The van der Waals surface area contributed by atoms with E-state index >= 15 is 0 Å². The van der Waals surface area contributed by atoms with Gasteiger partial charge in [0, 0.05) is 29.4 Å².